The van der Waals surface area contributed by atoms with Gasteiger partial charge in [0.25, 0.3) is 5.91 Å². The Kier molecular flexibility index (Phi) is 14.9. The molecule has 0 spiro atoms. The lowest BCUT2D eigenvalue weighted by Crippen LogP contribution is -2.42. The number of hydrogen-bond donors (Lipinski definition) is 2. The zero-order chi connectivity index (χ0) is 38.1. The quantitative estimate of drug-likeness (QED) is 0.175. The SMILES string of the molecule is CCCCc1cc(Cl)ccc1C1COc2ccc3cc2N(C1)CC1CCC1C(c1cncc(C(OC)OC)c1)/C=C/CC(C)C(C)S(=O)NC3=O.CO. The maximum atomic E-state index is 13.5. The molecular formula is C42H56ClN3O6S. The molecule has 2 aromatic carbocycles. The largest absolute Gasteiger partial charge is 0.491 e. The second-order valence-electron chi connectivity index (χ2n) is 14.5. The van der Waals surface area contributed by atoms with E-state index in [0.29, 0.717) is 24.0 Å². The van der Waals surface area contributed by atoms with E-state index in [1.54, 1.807) is 20.3 Å². The number of anilines is 1. The van der Waals surface area contributed by atoms with Gasteiger partial charge in [-0.3, -0.25) is 14.5 Å². The molecule has 3 aliphatic rings. The standard InChI is InChI=1S/C41H52ClN3O5S.CH4O/c1-6-7-10-28-19-34(42)14-16-35(28)33-24-45-23-30-12-15-37(30)36(31-18-32(22-43-21-31)41(48-4)49-5)11-8-9-26(2)27(3)51(47)44-40(46)29-13-17-39(50-25-33)38(45)20-29;1-2/h8,11,13-14,16-22,26-27,30,33,36-37,41H,6-7,9-10,12,15,23-25H2,1-5H3,(H,44,46);2H,1H3/b11-8+;. The molecule has 0 radical (unpaired) electrons. The number of carbonyl (C=O) groups excluding carboxylic acids is 1. The molecule has 1 saturated carbocycles. The normalized spacial score (nSPS) is 26.5. The molecule has 7 atom stereocenters. The van der Waals surface area contributed by atoms with E-state index in [0.717, 1.165) is 86.3 Å². The number of unbranched alkanes of at least 4 members (excludes halogenated alkanes) is 1. The highest BCUT2D eigenvalue weighted by Gasteiger charge is 2.39. The maximum Gasteiger partial charge on any atom is 0.263 e. The summed E-state index contributed by atoms with van der Waals surface area (Å²) in [6, 6.07) is 14.1. The van der Waals surface area contributed by atoms with E-state index in [1.165, 1.54) is 11.1 Å². The van der Waals surface area contributed by atoms with Gasteiger partial charge >= 0.3 is 0 Å². The summed E-state index contributed by atoms with van der Waals surface area (Å²) >= 11 is 6.52. The fourth-order valence-corrected chi connectivity index (χ4v) is 9.09. The van der Waals surface area contributed by atoms with Crippen molar-refractivity contribution >= 4 is 34.2 Å². The molecule has 3 aromatic rings. The molecule has 1 aliphatic carbocycles. The van der Waals surface area contributed by atoms with E-state index in [1.807, 2.05) is 37.5 Å². The van der Waals surface area contributed by atoms with Crippen LogP contribution >= 0.6 is 11.6 Å². The van der Waals surface area contributed by atoms with E-state index in [2.05, 4.69) is 58.8 Å². The number of ether oxygens (including phenoxy) is 3. The predicted molar refractivity (Wildman–Crippen MR) is 213 cm³/mol. The molecular weight excluding hydrogens is 710 g/mol. The van der Waals surface area contributed by atoms with Gasteiger partial charge in [0, 0.05) is 74.8 Å². The molecule has 1 fully saturated rings. The zero-order valence-electron chi connectivity index (χ0n) is 31.9. The predicted octanol–water partition coefficient (Wildman–Crippen LogP) is 8.15. The summed E-state index contributed by atoms with van der Waals surface area (Å²) in [5, 5.41) is 7.51. The minimum Gasteiger partial charge on any atom is -0.491 e. The Bertz CT molecular complexity index is 1730. The third kappa shape index (κ3) is 9.70. The van der Waals surface area contributed by atoms with Crippen LogP contribution in [0.4, 0.5) is 5.69 Å². The van der Waals surface area contributed by atoms with Crippen molar-refractivity contribution in [3.8, 4) is 5.75 Å². The number of benzene rings is 2. The Labute approximate surface area is 323 Å². The van der Waals surface area contributed by atoms with E-state index in [-0.39, 0.29) is 28.9 Å². The highest BCUT2D eigenvalue weighted by atomic mass is 35.5. The van der Waals surface area contributed by atoms with Crippen molar-refractivity contribution in [2.75, 3.05) is 45.9 Å². The maximum absolute atomic E-state index is 13.5. The summed E-state index contributed by atoms with van der Waals surface area (Å²) in [6.07, 6.45) is 14.0. The number of pyridine rings is 1. The van der Waals surface area contributed by atoms with E-state index < -0.39 is 17.3 Å². The summed E-state index contributed by atoms with van der Waals surface area (Å²) in [5.74, 6) is 1.53. The number of methoxy groups -OCH3 is 2. The van der Waals surface area contributed by atoms with Crippen molar-refractivity contribution in [1.29, 1.82) is 0 Å². The molecule has 2 bridgehead atoms. The van der Waals surface area contributed by atoms with Crippen LogP contribution in [0.25, 0.3) is 0 Å². The van der Waals surface area contributed by atoms with E-state index >= 15 is 0 Å². The molecule has 1 amide bonds. The number of aliphatic hydroxyl groups excluding tert-OH is 1. The summed E-state index contributed by atoms with van der Waals surface area (Å²) in [6.45, 7) is 8.32. The summed E-state index contributed by atoms with van der Waals surface area (Å²) in [4.78, 5) is 20.6. The van der Waals surface area contributed by atoms with E-state index in [4.69, 9.17) is 30.9 Å². The number of halogens is 1. The molecule has 2 aliphatic heterocycles. The van der Waals surface area contributed by atoms with Gasteiger partial charge in [-0.2, -0.15) is 0 Å². The summed E-state index contributed by atoms with van der Waals surface area (Å²) in [5.41, 5.74) is 5.94. The van der Waals surface area contributed by atoms with Crippen molar-refractivity contribution in [3.63, 3.8) is 0 Å². The van der Waals surface area contributed by atoms with Crippen LogP contribution in [0.15, 0.2) is 67.0 Å². The van der Waals surface area contributed by atoms with Gasteiger partial charge in [0.15, 0.2) is 6.29 Å². The average molecular weight is 766 g/mol. The van der Waals surface area contributed by atoms with Gasteiger partial charge in [0.05, 0.1) is 17.5 Å². The number of fused-ring (bicyclic) bond motifs is 2. The monoisotopic (exact) mass is 765 g/mol. The number of rotatable bonds is 8. The van der Waals surface area contributed by atoms with Gasteiger partial charge in [0.2, 0.25) is 0 Å². The molecule has 7 unspecified atom stereocenters. The number of aromatic nitrogens is 1. The number of nitrogens with zero attached hydrogens (tertiary/aromatic N) is 2. The minimum absolute atomic E-state index is 0.0897. The van der Waals surface area contributed by atoms with Crippen LogP contribution in [0.3, 0.4) is 0 Å². The number of allylic oxidation sites excluding steroid dienone is 2. The second kappa shape index (κ2) is 19.4. The molecule has 288 valence electrons. The first kappa shape index (κ1) is 40.9. The molecule has 9 nitrogen and oxygen atoms in total. The van der Waals surface area contributed by atoms with Crippen LogP contribution in [-0.2, 0) is 26.9 Å². The zero-order valence-corrected chi connectivity index (χ0v) is 33.5. The Morgan fingerprint density at radius 3 is 2.58 bits per heavy atom. The molecule has 1 aromatic heterocycles. The third-order valence-corrected chi connectivity index (χ3v) is 13.0. The highest BCUT2D eigenvalue weighted by molar-refractivity contribution is 7.84. The lowest BCUT2D eigenvalue weighted by Gasteiger charge is -2.44. The van der Waals surface area contributed by atoms with Gasteiger partial charge in [-0.15, -0.1) is 0 Å². The molecule has 6 rings (SSSR count). The number of nitrogens with one attached hydrogen (secondary N) is 1. The lowest BCUT2D eigenvalue weighted by atomic mass is 9.65. The first-order valence-electron chi connectivity index (χ1n) is 18.8. The van der Waals surface area contributed by atoms with Gasteiger partial charge in [0.1, 0.15) is 16.7 Å². The number of aryl methyl sites for hydroxylation is 1. The van der Waals surface area contributed by atoms with Crippen molar-refractivity contribution in [1.82, 2.24) is 9.71 Å². The number of carbonyl (C=O) groups is 1. The topological polar surface area (TPSA) is 110 Å². The average Bonchev–Trinajstić information content (AvgIpc) is 3.34. The smallest absolute Gasteiger partial charge is 0.263 e. The van der Waals surface area contributed by atoms with Crippen molar-refractivity contribution in [2.24, 2.45) is 17.8 Å². The van der Waals surface area contributed by atoms with Gasteiger partial charge in [-0.05, 0) is 110 Å². The summed E-state index contributed by atoms with van der Waals surface area (Å²) < 4.78 is 34.0. The van der Waals surface area contributed by atoms with Crippen molar-refractivity contribution in [3.05, 3.63) is 99.9 Å². The first-order valence-corrected chi connectivity index (χ1v) is 20.4. The molecule has 3 heterocycles. The van der Waals surface area contributed by atoms with Crippen molar-refractivity contribution < 1.29 is 28.3 Å². The minimum atomic E-state index is -1.55. The number of aliphatic hydroxyl groups is 1. The Hall–Kier alpha value is -3.28. The van der Waals surface area contributed by atoms with Gasteiger partial charge in [-0.25, -0.2) is 4.21 Å². The van der Waals surface area contributed by atoms with Crippen LogP contribution in [0, 0.1) is 17.8 Å². The highest BCUT2D eigenvalue weighted by Crippen LogP contribution is 2.47. The fourth-order valence-electron chi connectivity index (χ4n) is 7.87. The molecule has 2 N–H and O–H groups in total. The van der Waals surface area contributed by atoms with Crippen molar-refractivity contribution in [2.45, 2.75) is 82.7 Å². The third-order valence-electron chi connectivity index (χ3n) is 11.2. The van der Waals surface area contributed by atoms with Crippen LogP contribution in [0.1, 0.15) is 104 Å². The Balaban J connectivity index is 0.00000266. The van der Waals surface area contributed by atoms with Gasteiger partial charge in [-0.1, -0.05) is 50.1 Å². The van der Waals surface area contributed by atoms with Crippen LogP contribution in [0.2, 0.25) is 5.02 Å². The fraction of sp³-hybridized carbons (Fsp3) is 0.524. The van der Waals surface area contributed by atoms with Crippen LogP contribution < -0.4 is 14.4 Å². The number of hydrogen-bond acceptors (Lipinski definition) is 8. The van der Waals surface area contributed by atoms with Crippen LogP contribution in [-0.4, -0.2) is 66.5 Å². The molecule has 53 heavy (non-hydrogen) atoms. The second-order valence-corrected chi connectivity index (χ2v) is 16.5. The lowest BCUT2D eigenvalue weighted by molar-refractivity contribution is -0.106. The van der Waals surface area contributed by atoms with Gasteiger partial charge < -0.3 is 24.2 Å². The summed E-state index contributed by atoms with van der Waals surface area (Å²) in [7, 11) is 2.73. The molecule has 11 heteroatoms. The first-order chi connectivity index (χ1) is 25.7. The molecule has 0 saturated heterocycles. The Morgan fingerprint density at radius 1 is 1.08 bits per heavy atom. The van der Waals surface area contributed by atoms with Crippen LogP contribution in [0.5, 0.6) is 5.75 Å². The number of amides is 1. The van der Waals surface area contributed by atoms with E-state index in [9.17, 15) is 9.00 Å². The Morgan fingerprint density at radius 2 is 1.87 bits per heavy atom.